The Morgan fingerprint density at radius 1 is 1.53 bits per heavy atom. The normalized spacial score (nSPS) is 19.6. The first-order chi connectivity index (χ1) is 7.83. The van der Waals surface area contributed by atoms with E-state index in [0.717, 1.165) is 25.6 Å². The van der Waals surface area contributed by atoms with E-state index in [4.69, 9.17) is 10.8 Å². The van der Waals surface area contributed by atoms with Crippen molar-refractivity contribution >= 4 is 5.97 Å². The summed E-state index contributed by atoms with van der Waals surface area (Å²) < 4.78 is 0. The summed E-state index contributed by atoms with van der Waals surface area (Å²) in [6.45, 7) is 8.13. The maximum absolute atomic E-state index is 10.9. The summed E-state index contributed by atoms with van der Waals surface area (Å²) in [4.78, 5) is 13.4. The van der Waals surface area contributed by atoms with Gasteiger partial charge in [0.25, 0.3) is 0 Å². The van der Waals surface area contributed by atoms with E-state index in [9.17, 15) is 4.79 Å². The van der Waals surface area contributed by atoms with Gasteiger partial charge in [-0.25, -0.2) is 0 Å². The lowest BCUT2D eigenvalue weighted by Crippen LogP contribution is -2.45. The summed E-state index contributed by atoms with van der Waals surface area (Å²) in [5.41, 5.74) is 4.64. The van der Waals surface area contributed by atoms with Crippen LogP contribution in [0.5, 0.6) is 0 Å². The minimum atomic E-state index is -1.08. The molecule has 4 nitrogen and oxygen atoms in total. The second-order valence-corrected chi connectivity index (χ2v) is 5.95. The van der Waals surface area contributed by atoms with Gasteiger partial charge >= 0.3 is 5.97 Å². The van der Waals surface area contributed by atoms with Gasteiger partial charge in [-0.2, -0.15) is 0 Å². The van der Waals surface area contributed by atoms with Crippen LogP contribution in [-0.2, 0) is 4.79 Å². The van der Waals surface area contributed by atoms with Crippen molar-refractivity contribution in [2.75, 3.05) is 13.1 Å². The molecule has 0 amide bonds. The highest BCUT2D eigenvalue weighted by molar-refractivity contribution is 5.77. The molecule has 0 aromatic heterocycles. The Morgan fingerprint density at radius 3 is 2.53 bits per heavy atom. The van der Waals surface area contributed by atoms with Crippen molar-refractivity contribution in [3.63, 3.8) is 0 Å². The number of nitrogens with zero attached hydrogens (tertiary/aromatic N) is 1. The van der Waals surface area contributed by atoms with Crippen molar-refractivity contribution in [3.8, 4) is 0 Å². The fraction of sp³-hybridized carbons (Fsp3) is 0.923. The molecule has 1 aliphatic carbocycles. The third kappa shape index (κ3) is 5.04. The molecule has 1 saturated carbocycles. The van der Waals surface area contributed by atoms with E-state index in [0.29, 0.717) is 12.3 Å². The topological polar surface area (TPSA) is 66.6 Å². The number of aliphatic carboxylic acids is 1. The Kier molecular flexibility index (Phi) is 4.95. The van der Waals surface area contributed by atoms with Crippen LogP contribution in [-0.4, -0.2) is 40.6 Å². The van der Waals surface area contributed by atoms with Gasteiger partial charge in [0.2, 0.25) is 0 Å². The second kappa shape index (κ2) is 5.83. The molecule has 0 aromatic carbocycles. The summed E-state index contributed by atoms with van der Waals surface area (Å²) in [6.07, 6.45) is 4.00. The van der Waals surface area contributed by atoms with Crippen molar-refractivity contribution in [2.24, 2.45) is 11.7 Å². The lowest BCUT2D eigenvalue weighted by molar-refractivity contribution is -0.142. The Hall–Kier alpha value is -0.610. The van der Waals surface area contributed by atoms with Crippen LogP contribution in [0.1, 0.15) is 46.5 Å². The van der Waals surface area contributed by atoms with Crippen molar-refractivity contribution in [1.82, 2.24) is 4.90 Å². The van der Waals surface area contributed by atoms with E-state index in [1.54, 1.807) is 6.92 Å². The van der Waals surface area contributed by atoms with E-state index < -0.39 is 11.5 Å². The summed E-state index contributed by atoms with van der Waals surface area (Å²) in [5, 5.41) is 8.93. The molecule has 1 unspecified atom stereocenters. The number of rotatable bonds is 8. The lowest BCUT2D eigenvalue weighted by atomic mass is 9.97. The number of carboxylic acids is 1. The number of hydrogen-bond donors (Lipinski definition) is 2. The molecule has 17 heavy (non-hydrogen) atoms. The molecule has 3 N–H and O–H groups in total. The van der Waals surface area contributed by atoms with Crippen LogP contribution in [0.2, 0.25) is 0 Å². The van der Waals surface area contributed by atoms with E-state index in [1.165, 1.54) is 12.8 Å². The van der Waals surface area contributed by atoms with Crippen LogP contribution in [0.15, 0.2) is 0 Å². The highest BCUT2D eigenvalue weighted by atomic mass is 16.4. The van der Waals surface area contributed by atoms with Gasteiger partial charge in [0, 0.05) is 12.6 Å². The molecule has 0 radical (unpaired) electrons. The summed E-state index contributed by atoms with van der Waals surface area (Å²) in [5.74, 6) is -0.237. The lowest BCUT2D eigenvalue weighted by Gasteiger charge is -2.26. The van der Waals surface area contributed by atoms with Crippen molar-refractivity contribution in [2.45, 2.75) is 58.0 Å². The van der Waals surface area contributed by atoms with Gasteiger partial charge in [0.1, 0.15) is 5.54 Å². The fourth-order valence-electron chi connectivity index (χ4n) is 2.09. The number of nitrogens with two attached hydrogens (primary N) is 1. The van der Waals surface area contributed by atoms with E-state index >= 15 is 0 Å². The molecule has 0 saturated heterocycles. The highest BCUT2D eigenvalue weighted by Crippen LogP contribution is 2.28. The summed E-state index contributed by atoms with van der Waals surface area (Å²) >= 11 is 0. The van der Waals surface area contributed by atoms with Crippen LogP contribution in [0.3, 0.4) is 0 Å². The predicted octanol–water partition coefficient (Wildman–Crippen LogP) is 1.69. The minimum absolute atomic E-state index is 0.545. The summed E-state index contributed by atoms with van der Waals surface area (Å²) in [7, 11) is 0. The van der Waals surface area contributed by atoms with Crippen LogP contribution in [0.25, 0.3) is 0 Å². The third-order valence-corrected chi connectivity index (χ3v) is 3.29. The van der Waals surface area contributed by atoms with Gasteiger partial charge in [-0.1, -0.05) is 13.8 Å². The van der Waals surface area contributed by atoms with E-state index in [1.807, 2.05) is 0 Å². The average Bonchev–Trinajstić information content (AvgIpc) is 2.98. The molecule has 1 atom stereocenters. The molecule has 4 heteroatoms. The second-order valence-electron chi connectivity index (χ2n) is 5.95. The monoisotopic (exact) mass is 242 g/mol. The zero-order valence-corrected chi connectivity index (χ0v) is 11.3. The van der Waals surface area contributed by atoms with Crippen molar-refractivity contribution in [1.29, 1.82) is 0 Å². The SMILES string of the molecule is CC(C)CN(CCCC(C)(N)C(=O)O)C1CC1. The number of carbonyl (C=O) groups is 1. The molecule has 0 heterocycles. The van der Waals surface area contributed by atoms with E-state index in [-0.39, 0.29) is 0 Å². The zero-order chi connectivity index (χ0) is 13.1. The Labute approximate surface area is 104 Å². The van der Waals surface area contributed by atoms with Crippen LogP contribution >= 0.6 is 0 Å². The number of hydrogen-bond acceptors (Lipinski definition) is 3. The minimum Gasteiger partial charge on any atom is -0.480 e. The molecule has 100 valence electrons. The summed E-state index contributed by atoms with van der Waals surface area (Å²) in [6, 6.07) is 0.742. The Balaban J connectivity index is 2.30. The predicted molar refractivity (Wildman–Crippen MR) is 68.9 cm³/mol. The molecule has 1 rings (SSSR count). The van der Waals surface area contributed by atoms with Gasteiger partial charge in [-0.05, 0) is 45.1 Å². The smallest absolute Gasteiger partial charge is 0.323 e. The van der Waals surface area contributed by atoms with Gasteiger partial charge < -0.3 is 15.7 Å². The molecule has 1 aliphatic rings. The molecule has 0 aromatic rings. The third-order valence-electron chi connectivity index (χ3n) is 3.29. The van der Waals surface area contributed by atoms with Gasteiger partial charge in [-0.15, -0.1) is 0 Å². The molecule has 0 aliphatic heterocycles. The quantitative estimate of drug-likeness (QED) is 0.679. The maximum atomic E-state index is 10.9. The molecular weight excluding hydrogens is 216 g/mol. The first-order valence-electron chi connectivity index (χ1n) is 6.59. The Morgan fingerprint density at radius 2 is 2.12 bits per heavy atom. The largest absolute Gasteiger partial charge is 0.480 e. The highest BCUT2D eigenvalue weighted by Gasteiger charge is 2.31. The molecule has 0 spiro atoms. The van der Waals surface area contributed by atoms with Crippen LogP contribution < -0.4 is 5.73 Å². The van der Waals surface area contributed by atoms with Gasteiger partial charge in [-0.3, -0.25) is 4.79 Å². The van der Waals surface area contributed by atoms with Crippen molar-refractivity contribution < 1.29 is 9.90 Å². The number of carboxylic acid groups (broad SMARTS) is 1. The molecule has 0 bridgehead atoms. The maximum Gasteiger partial charge on any atom is 0.323 e. The first-order valence-corrected chi connectivity index (χ1v) is 6.59. The van der Waals surface area contributed by atoms with Gasteiger partial charge in [0.05, 0.1) is 0 Å². The van der Waals surface area contributed by atoms with Crippen molar-refractivity contribution in [3.05, 3.63) is 0 Å². The zero-order valence-electron chi connectivity index (χ0n) is 11.3. The first kappa shape index (κ1) is 14.5. The van der Waals surface area contributed by atoms with Gasteiger partial charge in [0.15, 0.2) is 0 Å². The van der Waals surface area contributed by atoms with Crippen LogP contribution in [0, 0.1) is 5.92 Å². The standard InChI is InChI=1S/C13H26N2O2/c1-10(2)9-15(11-5-6-11)8-4-7-13(3,14)12(16)17/h10-11H,4-9,14H2,1-3H3,(H,16,17). The average molecular weight is 242 g/mol. The fourth-order valence-corrected chi connectivity index (χ4v) is 2.09. The van der Waals surface area contributed by atoms with E-state index in [2.05, 4.69) is 18.7 Å². The van der Waals surface area contributed by atoms with Crippen LogP contribution in [0.4, 0.5) is 0 Å². The molecular formula is C13H26N2O2. The Bertz CT molecular complexity index is 260. The molecule has 1 fully saturated rings.